The zero-order chi connectivity index (χ0) is 22.7. The predicted molar refractivity (Wildman–Crippen MR) is 123 cm³/mol. The molecule has 3 N–H and O–H groups in total. The lowest BCUT2D eigenvalue weighted by atomic mass is 9.83. The summed E-state index contributed by atoms with van der Waals surface area (Å²) in [5, 5.41) is 17.2. The fourth-order valence-electron chi connectivity index (χ4n) is 3.86. The van der Waals surface area contributed by atoms with E-state index in [1.54, 1.807) is 7.11 Å². The first-order chi connectivity index (χ1) is 15.6. The molecule has 4 rings (SSSR count). The number of hydrogen-bond donors (Lipinski definition) is 2. The number of nitrogens with zero attached hydrogens (tertiary/aromatic N) is 2. The first-order valence-corrected chi connectivity index (χ1v) is 11.1. The number of fused-ring (bicyclic) bond motifs is 1. The van der Waals surface area contributed by atoms with Crippen molar-refractivity contribution in [2.45, 2.75) is 32.3 Å². The molecule has 0 bridgehead atoms. The molecule has 0 saturated heterocycles. The molecular formula is C24H23BrN4O3. The minimum atomic E-state index is -0.433. The van der Waals surface area contributed by atoms with E-state index in [-0.39, 0.29) is 5.88 Å². The molecule has 8 heteroatoms. The molecular weight excluding hydrogens is 472 g/mol. The molecule has 2 aromatic carbocycles. The number of aromatic amines is 1. The van der Waals surface area contributed by atoms with Crippen molar-refractivity contribution >= 4 is 15.9 Å². The maximum atomic E-state index is 9.87. The Bertz CT molecular complexity index is 1200. The highest BCUT2D eigenvalue weighted by Gasteiger charge is 2.35. The molecule has 1 atom stereocenters. The van der Waals surface area contributed by atoms with Crippen molar-refractivity contribution in [3.8, 4) is 23.4 Å². The van der Waals surface area contributed by atoms with Crippen molar-refractivity contribution in [1.82, 2.24) is 10.2 Å². The second-order valence-corrected chi connectivity index (χ2v) is 8.26. The molecule has 32 heavy (non-hydrogen) atoms. The van der Waals surface area contributed by atoms with Gasteiger partial charge in [0.1, 0.15) is 18.2 Å². The Morgan fingerprint density at radius 1 is 1.28 bits per heavy atom. The van der Waals surface area contributed by atoms with Gasteiger partial charge < -0.3 is 19.9 Å². The highest BCUT2D eigenvalue weighted by molar-refractivity contribution is 9.10. The summed E-state index contributed by atoms with van der Waals surface area (Å²) in [4.78, 5) is 0. The van der Waals surface area contributed by atoms with Crippen LogP contribution in [0, 0.1) is 11.3 Å². The Morgan fingerprint density at radius 2 is 2.06 bits per heavy atom. The molecule has 1 aromatic heterocycles. The van der Waals surface area contributed by atoms with Gasteiger partial charge in [-0.2, -0.15) is 5.26 Å². The topological polar surface area (TPSA) is 106 Å². The Kier molecular flexibility index (Phi) is 6.37. The van der Waals surface area contributed by atoms with E-state index in [0.717, 1.165) is 35.2 Å². The highest BCUT2D eigenvalue weighted by atomic mass is 79.9. The summed E-state index contributed by atoms with van der Waals surface area (Å²) in [7, 11) is 1.59. The van der Waals surface area contributed by atoms with Crippen molar-refractivity contribution in [2.24, 2.45) is 5.73 Å². The Hall–Kier alpha value is -3.44. The Morgan fingerprint density at radius 3 is 2.75 bits per heavy atom. The molecule has 0 radical (unpaired) electrons. The zero-order valence-corrected chi connectivity index (χ0v) is 19.4. The number of hydrogen-bond acceptors (Lipinski definition) is 6. The van der Waals surface area contributed by atoms with Gasteiger partial charge in [0.15, 0.2) is 11.5 Å². The SMILES string of the molecule is CCCc1[nH]nc2c1[C@H](c1cc(Br)c(OCc3ccccc3)c(OC)c1)C(C#N)=C(N)O2. The lowest BCUT2D eigenvalue weighted by Gasteiger charge is -2.25. The Balaban J connectivity index is 1.77. The van der Waals surface area contributed by atoms with Crippen LogP contribution in [0.25, 0.3) is 0 Å². The number of methoxy groups -OCH3 is 1. The number of aromatic nitrogens is 2. The van der Waals surface area contributed by atoms with Crippen LogP contribution in [0.1, 0.15) is 41.6 Å². The van der Waals surface area contributed by atoms with Gasteiger partial charge in [-0.15, -0.1) is 5.10 Å². The number of rotatable bonds is 7. The van der Waals surface area contributed by atoms with Crippen LogP contribution in [0.2, 0.25) is 0 Å². The van der Waals surface area contributed by atoms with Gasteiger partial charge >= 0.3 is 0 Å². The number of allylic oxidation sites excluding steroid dienone is 1. The van der Waals surface area contributed by atoms with Crippen LogP contribution in [0.5, 0.6) is 17.4 Å². The summed E-state index contributed by atoms with van der Waals surface area (Å²) < 4.78 is 18.1. The first-order valence-electron chi connectivity index (χ1n) is 10.3. The molecule has 1 aliphatic heterocycles. The summed E-state index contributed by atoms with van der Waals surface area (Å²) >= 11 is 3.63. The van der Waals surface area contributed by atoms with Gasteiger partial charge in [0, 0.05) is 11.3 Å². The van der Waals surface area contributed by atoms with E-state index in [4.69, 9.17) is 19.9 Å². The van der Waals surface area contributed by atoms with Gasteiger partial charge in [-0.1, -0.05) is 43.7 Å². The second kappa shape index (κ2) is 9.37. The fourth-order valence-corrected chi connectivity index (χ4v) is 4.43. The molecule has 164 valence electrons. The quantitative estimate of drug-likeness (QED) is 0.482. The summed E-state index contributed by atoms with van der Waals surface area (Å²) in [6, 6.07) is 15.9. The molecule has 1 aliphatic rings. The number of nitrogens with two attached hydrogens (primary N) is 1. The third-order valence-corrected chi connectivity index (χ3v) is 5.92. The number of nitrogens with one attached hydrogen (secondary N) is 1. The van der Waals surface area contributed by atoms with Crippen LogP contribution in [0.3, 0.4) is 0 Å². The monoisotopic (exact) mass is 494 g/mol. The number of halogens is 1. The van der Waals surface area contributed by atoms with E-state index in [0.29, 0.717) is 34.0 Å². The van der Waals surface area contributed by atoms with Crippen LogP contribution < -0.4 is 19.9 Å². The van der Waals surface area contributed by atoms with Crippen molar-refractivity contribution in [2.75, 3.05) is 7.11 Å². The number of benzene rings is 2. The molecule has 0 saturated carbocycles. The summed E-state index contributed by atoms with van der Waals surface area (Å²) in [6.07, 6.45) is 1.69. The average molecular weight is 495 g/mol. The van der Waals surface area contributed by atoms with Crippen molar-refractivity contribution in [3.63, 3.8) is 0 Å². The molecule has 0 spiro atoms. The molecule has 0 amide bonds. The molecule has 0 aliphatic carbocycles. The highest BCUT2D eigenvalue weighted by Crippen LogP contribution is 2.47. The van der Waals surface area contributed by atoms with E-state index in [2.05, 4.69) is 39.1 Å². The third kappa shape index (κ3) is 4.04. The largest absolute Gasteiger partial charge is 0.493 e. The van der Waals surface area contributed by atoms with E-state index in [1.165, 1.54) is 0 Å². The third-order valence-electron chi connectivity index (χ3n) is 5.33. The standard InChI is InChI=1S/C24H23BrN4O3/c1-3-7-18-21-20(16(12-26)23(27)32-24(21)29-28-18)15-10-17(25)22(19(11-15)30-2)31-13-14-8-5-4-6-9-14/h4-6,8-11,20H,3,7,13,27H2,1-2H3,(H,28,29)/t20-/m1/s1. The van der Waals surface area contributed by atoms with Crippen molar-refractivity contribution in [3.05, 3.63) is 80.8 Å². The van der Waals surface area contributed by atoms with Crippen LogP contribution >= 0.6 is 15.9 Å². The van der Waals surface area contributed by atoms with Gasteiger partial charge in [-0.25, -0.2) is 0 Å². The van der Waals surface area contributed by atoms with Gasteiger partial charge in [-0.3, -0.25) is 5.10 Å². The maximum absolute atomic E-state index is 9.87. The number of aryl methyl sites for hydroxylation is 1. The maximum Gasteiger partial charge on any atom is 0.244 e. The summed E-state index contributed by atoms with van der Waals surface area (Å²) in [5.41, 5.74) is 10.0. The van der Waals surface area contributed by atoms with E-state index >= 15 is 0 Å². The molecule has 0 fully saturated rings. The fraction of sp³-hybridized carbons (Fsp3) is 0.250. The average Bonchev–Trinajstić information content (AvgIpc) is 3.19. The normalized spacial score (nSPS) is 15.0. The van der Waals surface area contributed by atoms with Gasteiger partial charge in [0.05, 0.1) is 17.5 Å². The summed E-state index contributed by atoms with van der Waals surface area (Å²) in [6.45, 7) is 2.48. The van der Waals surface area contributed by atoms with Crippen LogP contribution in [-0.4, -0.2) is 17.3 Å². The van der Waals surface area contributed by atoms with Gasteiger partial charge in [-0.05, 0) is 45.6 Å². The molecule has 3 aromatic rings. The Labute approximate surface area is 194 Å². The van der Waals surface area contributed by atoms with E-state index < -0.39 is 5.92 Å². The molecule has 7 nitrogen and oxygen atoms in total. The van der Waals surface area contributed by atoms with Crippen LogP contribution in [0.4, 0.5) is 0 Å². The van der Waals surface area contributed by atoms with Gasteiger partial charge in [0.25, 0.3) is 0 Å². The molecule has 2 heterocycles. The lowest BCUT2D eigenvalue weighted by Crippen LogP contribution is -2.21. The number of ether oxygens (including phenoxy) is 3. The second-order valence-electron chi connectivity index (χ2n) is 7.40. The van der Waals surface area contributed by atoms with Crippen LogP contribution in [0.15, 0.2) is 58.4 Å². The van der Waals surface area contributed by atoms with Crippen LogP contribution in [-0.2, 0) is 13.0 Å². The number of H-pyrrole nitrogens is 1. The smallest absolute Gasteiger partial charge is 0.244 e. The van der Waals surface area contributed by atoms with E-state index in [9.17, 15) is 5.26 Å². The minimum absolute atomic E-state index is 0.0547. The van der Waals surface area contributed by atoms with Gasteiger partial charge in [0.2, 0.25) is 11.8 Å². The van der Waals surface area contributed by atoms with E-state index in [1.807, 2.05) is 42.5 Å². The zero-order valence-electron chi connectivity index (χ0n) is 17.8. The predicted octanol–water partition coefficient (Wildman–Crippen LogP) is 4.93. The van der Waals surface area contributed by atoms with Crippen molar-refractivity contribution in [1.29, 1.82) is 5.26 Å². The minimum Gasteiger partial charge on any atom is -0.493 e. The molecule has 0 unspecified atom stereocenters. The first kappa shape index (κ1) is 21.8. The van der Waals surface area contributed by atoms with Crippen molar-refractivity contribution < 1.29 is 14.2 Å². The summed E-state index contributed by atoms with van der Waals surface area (Å²) in [5.74, 6) is 1.16. The lowest BCUT2D eigenvalue weighted by molar-refractivity contribution is 0.282. The number of nitriles is 1.